The Hall–Kier alpha value is -1.39. The summed E-state index contributed by atoms with van der Waals surface area (Å²) in [7, 11) is 0. The Labute approximate surface area is 93.8 Å². The molecule has 1 saturated heterocycles. The van der Waals surface area contributed by atoms with Crippen molar-refractivity contribution in [2.75, 3.05) is 6.61 Å². The number of oxime groups is 1. The van der Waals surface area contributed by atoms with E-state index in [1.807, 2.05) is 37.3 Å². The Kier molecular flexibility index (Phi) is 2.38. The number of fused-ring (bicyclic) bond motifs is 1. The molecule has 84 valence electrons. The quantitative estimate of drug-likeness (QED) is 0.724. The highest BCUT2D eigenvalue weighted by Gasteiger charge is 2.54. The molecule has 0 amide bonds. The number of nitrogens with zero attached hydrogens (tertiary/aromatic N) is 1. The molecular formula is C12H13NO3. The van der Waals surface area contributed by atoms with E-state index in [0.29, 0.717) is 6.61 Å². The van der Waals surface area contributed by atoms with E-state index < -0.39 is 0 Å². The molecule has 4 nitrogen and oxygen atoms in total. The number of benzene rings is 1. The molecule has 1 aromatic carbocycles. The summed E-state index contributed by atoms with van der Waals surface area (Å²) in [6.07, 6.45) is -0.303. The van der Waals surface area contributed by atoms with Gasteiger partial charge in [0, 0.05) is 12.2 Å². The summed E-state index contributed by atoms with van der Waals surface area (Å²) < 4.78 is 10.9. The van der Waals surface area contributed by atoms with Crippen molar-refractivity contribution in [1.29, 1.82) is 0 Å². The van der Waals surface area contributed by atoms with Gasteiger partial charge < -0.3 is 14.3 Å². The van der Waals surface area contributed by atoms with Crippen LogP contribution in [0.15, 0.2) is 35.5 Å². The van der Waals surface area contributed by atoms with E-state index >= 15 is 0 Å². The first-order valence-electron chi connectivity index (χ1n) is 5.46. The van der Waals surface area contributed by atoms with Crippen LogP contribution in [0.25, 0.3) is 0 Å². The fourth-order valence-electron chi connectivity index (χ4n) is 1.89. The van der Waals surface area contributed by atoms with Gasteiger partial charge in [-0.15, -0.1) is 0 Å². The summed E-state index contributed by atoms with van der Waals surface area (Å²) >= 11 is 0. The van der Waals surface area contributed by atoms with Crippen molar-refractivity contribution < 1.29 is 14.3 Å². The minimum atomic E-state index is -0.345. The van der Waals surface area contributed by atoms with Gasteiger partial charge in [0.15, 0.2) is 6.10 Å². The number of epoxide rings is 1. The molecule has 0 unspecified atom stereocenters. The zero-order chi connectivity index (χ0) is 11.0. The maximum Gasteiger partial charge on any atom is 0.256 e. The number of rotatable bonds is 3. The van der Waals surface area contributed by atoms with Crippen LogP contribution in [-0.4, -0.2) is 30.8 Å². The summed E-state index contributed by atoms with van der Waals surface area (Å²) in [6, 6.07) is 9.93. The van der Waals surface area contributed by atoms with Crippen LogP contribution in [0, 0.1) is 0 Å². The lowest BCUT2D eigenvalue weighted by Crippen LogP contribution is -2.30. The van der Waals surface area contributed by atoms with Crippen LogP contribution in [0.1, 0.15) is 12.5 Å². The molecule has 0 aromatic heterocycles. The third kappa shape index (κ3) is 1.60. The first kappa shape index (κ1) is 9.81. The van der Waals surface area contributed by atoms with Crippen LogP contribution in [-0.2, 0) is 14.3 Å². The normalized spacial score (nSPS) is 31.3. The lowest BCUT2D eigenvalue weighted by molar-refractivity contribution is -0.151. The third-order valence-electron chi connectivity index (χ3n) is 2.72. The van der Waals surface area contributed by atoms with E-state index in [1.54, 1.807) is 0 Å². The lowest BCUT2D eigenvalue weighted by Gasteiger charge is -2.17. The second-order valence-corrected chi connectivity index (χ2v) is 3.79. The van der Waals surface area contributed by atoms with E-state index in [1.165, 1.54) is 0 Å². The van der Waals surface area contributed by atoms with Gasteiger partial charge in [-0.2, -0.15) is 0 Å². The van der Waals surface area contributed by atoms with Crippen LogP contribution in [0.5, 0.6) is 0 Å². The molecule has 0 radical (unpaired) electrons. The number of ether oxygens (including phenoxy) is 2. The topological polar surface area (TPSA) is 43.4 Å². The Morgan fingerprint density at radius 2 is 2.12 bits per heavy atom. The van der Waals surface area contributed by atoms with Crippen LogP contribution >= 0.6 is 0 Å². The van der Waals surface area contributed by atoms with Gasteiger partial charge >= 0.3 is 0 Å². The van der Waals surface area contributed by atoms with Gasteiger partial charge in [0.25, 0.3) is 6.29 Å². The second-order valence-electron chi connectivity index (χ2n) is 3.79. The molecule has 0 N–H and O–H groups in total. The van der Waals surface area contributed by atoms with Crippen LogP contribution < -0.4 is 0 Å². The third-order valence-corrected chi connectivity index (χ3v) is 2.72. The summed E-state index contributed by atoms with van der Waals surface area (Å²) in [5.74, 6) is 0. The van der Waals surface area contributed by atoms with Gasteiger partial charge in [0.05, 0.1) is 0 Å². The zero-order valence-corrected chi connectivity index (χ0v) is 9.00. The molecule has 2 aliphatic rings. The van der Waals surface area contributed by atoms with Crippen LogP contribution in [0.2, 0.25) is 0 Å². The van der Waals surface area contributed by atoms with Gasteiger partial charge in [0.1, 0.15) is 11.8 Å². The first-order chi connectivity index (χ1) is 7.90. The Morgan fingerprint density at radius 3 is 2.88 bits per heavy atom. The fraction of sp³-hybridized carbons (Fsp3) is 0.417. The minimum Gasteiger partial charge on any atom is -0.360 e. The van der Waals surface area contributed by atoms with Gasteiger partial charge in [0.2, 0.25) is 0 Å². The first-order valence-corrected chi connectivity index (χ1v) is 5.46. The molecule has 3 atom stereocenters. The average molecular weight is 219 g/mol. The molecule has 2 aliphatic heterocycles. The maximum atomic E-state index is 5.53. The minimum absolute atomic E-state index is 0.00709. The summed E-state index contributed by atoms with van der Waals surface area (Å²) in [5.41, 5.74) is 1.91. The largest absolute Gasteiger partial charge is 0.360 e. The van der Waals surface area contributed by atoms with Crippen molar-refractivity contribution in [1.82, 2.24) is 0 Å². The molecule has 16 heavy (non-hydrogen) atoms. The fourth-order valence-corrected chi connectivity index (χ4v) is 1.89. The SMILES string of the molecule is CCO[C@H]1ON=C(c2ccccc2)[C@@H]2O[C@H]12. The van der Waals surface area contributed by atoms with Gasteiger partial charge in [-0.1, -0.05) is 35.5 Å². The molecule has 2 heterocycles. The highest BCUT2D eigenvalue weighted by atomic mass is 16.8. The smallest absolute Gasteiger partial charge is 0.256 e. The van der Waals surface area contributed by atoms with Crippen LogP contribution in [0.3, 0.4) is 0 Å². The van der Waals surface area contributed by atoms with E-state index in [-0.39, 0.29) is 18.5 Å². The molecule has 1 fully saturated rings. The lowest BCUT2D eigenvalue weighted by atomic mass is 10.1. The Bertz CT molecular complexity index is 404. The predicted octanol–water partition coefficient (Wildman–Crippen LogP) is 1.55. The highest BCUT2D eigenvalue weighted by molar-refractivity contribution is 6.05. The summed E-state index contributed by atoms with van der Waals surface area (Å²) in [4.78, 5) is 5.28. The Morgan fingerprint density at radius 1 is 1.31 bits per heavy atom. The van der Waals surface area contributed by atoms with Crippen molar-refractivity contribution in [2.24, 2.45) is 5.16 Å². The molecule has 0 spiro atoms. The molecule has 1 aromatic rings. The molecule has 0 saturated carbocycles. The van der Waals surface area contributed by atoms with Gasteiger partial charge in [-0.25, -0.2) is 0 Å². The standard InChI is InChI=1S/C12H13NO3/c1-2-14-12-11-10(15-11)9(13-16-12)8-6-4-3-5-7-8/h3-7,10-12H,2H2,1H3/t10-,11-,12-/m0/s1. The summed E-state index contributed by atoms with van der Waals surface area (Å²) in [6.45, 7) is 2.53. The molecular weight excluding hydrogens is 206 g/mol. The zero-order valence-electron chi connectivity index (χ0n) is 9.00. The highest BCUT2D eigenvalue weighted by Crippen LogP contribution is 2.35. The molecule has 0 aliphatic carbocycles. The van der Waals surface area contributed by atoms with Crippen molar-refractivity contribution in [3.63, 3.8) is 0 Å². The predicted molar refractivity (Wildman–Crippen MR) is 58.1 cm³/mol. The van der Waals surface area contributed by atoms with E-state index in [4.69, 9.17) is 14.3 Å². The second kappa shape index (κ2) is 3.88. The Balaban J connectivity index is 1.80. The number of hydrogen-bond donors (Lipinski definition) is 0. The van der Waals surface area contributed by atoms with Crippen molar-refractivity contribution >= 4 is 5.71 Å². The maximum absolute atomic E-state index is 5.53. The van der Waals surface area contributed by atoms with Crippen molar-refractivity contribution in [2.45, 2.75) is 25.4 Å². The van der Waals surface area contributed by atoms with Crippen molar-refractivity contribution in [3.8, 4) is 0 Å². The summed E-state index contributed by atoms with van der Waals surface area (Å²) in [5, 5.41) is 4.09. The van der Waals surface area contributed by atoms with Crippen molar-refractivity contribution in [3.05, 3.63) is 35.9 Å². The average Bonchev–Trinajstić information content (AvgIpc) is 3.11. The van der Waals surface area contributed by atoms with Gasteiger partial charge in [-0.05, 0) is 6.92 Å². The van der Waals surface area contributed by atoms with E-state index in [9.17, 15) is 0 Å². The van der Waals surface area contributed by atoms with E-state index in [0.717, 1.165) is 11.3 Å². The molecule has 4 heteroatoms. The van der Waals surface area contributed by atoms with Crippen LogP contribution in [0.4, 0.5) is 0 Å². The van der Waals surface area contributed by atoms with E-state index in [2.05, 4.69) is 5.16 Å². The molecule has 3 rings (SSSR count). The molecule has 0 bridgehead atoms. The monoisotopic (exact) mass is 219 g/mol. The number of hydrogen-bond acceptors (Lipinski definition) is 4. The van der Waals surface area contributed by atoms with Gasteiger partial charge in [-0.3, -0.25) is 0 Å².